The minimum atomic E-state index is -1.14. The molecule has 32 heavy (non-hydrogen) atoms. The summed E-state index contributed by atoms with van der Waals surface area (Å²) in [4.78, 5) is 36.1. The van der Waals surface area contributed by atoms with Crippen molar-refractivity contribution in [2.24, 2.45) is 0 Å². The van der Waals surface area contributed by atoms with Crippen LogP contribution in [0.15, 0.2) is 18.2 Å². The Morgan fingerprint density at radius 3 is 2.22 bits per heavy atom. The van der Waals surface area contributed by atoms with Crippen molar-refractivity contribution in [2.45, 2.75) is 64.7 Å². The molecular formula is C22H32BNO8. The number of carbonyl (C=O) groups is 3. The molecule has 0 saturated carbocycles. The molecule has 0 aromatic heterocycles. The van der Waals surface area contributed by atoms with Gasteiger partial charge in [0.1, 0.15) is 11.8 Å². The van der Waals surface area contributed by atoms with Crippen molar-refractivity contribution in [3.05, 3.63) is 23.8 Å². The molecule has 1 aromatic carbocycles. The van der Waals surface area contributed by atoms with E-state index in [0.29, 0.717) is 17.9 Å². The summed E-state index contributed by atoms with van der Waals surface area (Å²) < 4.78 is 27.2. The molecule has 1 fully saturated rings. The minimum absolute atomic E-state index is 0.0619. The number of hydrogen-bond donors (Lipinski definition) is 1. The van der Waals surface area contributed by atoms with Gasteiger partial charge in [0.2, 0.25) is 5.91 Å². The minimum Gasteiger partial charge on any atom is -0.494 e. The fourth-order valence-corrected chi connectivity index (χ4v) is 3.14. The van der Waals surface area contributed by atoms with Gasteiger partial charge < -0.3 is 28.8 Å². The van der Waals surface area contributed by atoms with E-state index in [2.05, 4.69) is 14.8 Å². The van der Waals surface area contributed by atoms with E-state index < -0.39 is 42.2 Å². The predicted octanol–water partition coefficient (Wildman–Crippen LogP) is 1.15. The fraction of sp³-hybridized carbons (Fsp3) is 0.591. The van der Waals surface area contributed by atoms with Gasteiger partial charge in [0, 0.05) is 5.56 Å². The Bertz CT molecular complexity index is 838. The van der Waals surface area contributed by atoms with Crippen LogP contribution in [0.5, 0.6) is 5.75 Å². The number of hydrogen-bond acceptors (Lipinski definition) is 8. The molecule has 0 unspecified atom stereocenters. The lowest BCUT2D eigenvalue weighted by molar-refractivity contribution is -0.150. The van der Waals surface area contributed by atoms with Crippen molar-refractivity contribution in [3.8, 4) is 5.75 Å². The quantitative estimate of drug-likeness (QED) is 0.442. The normalized spacial score (nSPS) is 17.4. The molecule has 1 aliphatic rings. The van der Waals surface area contributed by atoms with Gasteiger partial charge >= 0.3 is 19.1 Å². The maximum atomic E-state index is 12.6. The first kappa shape index (κ1) is 25.7. The molecule has 0 bridgehead atoms. The van der Waals surface area contributed by atoms with Gasteiger partial charge in [-0.05, 0) is 46.1 Å². The Hall–Kier alpha value is -2.59. The van der Waals surface area contributed by atoms with Crippen LogP contribution < -0.4 is 15.5 Å². The van der Waals surface area contributed by atoms with Gasteiger partial charge in [0.05, 0.1) is 44.9 Å². The Kier molecular flexibility index (Phi) is 8.31. The fourth-order valence-electron chi connectivity index (χ4n) is 3.14. The lowest BCUT2D eigenvalue weighted by Crippen LogP contribution is -2.43. The molecule has 2 rings (SSSR count). The van der Waals surface area contributed by atoms with Gasteiger partial charge in [-0.15, -0.1) is 0 Å². The third-order valence-corrected chi connectivity index (χ3v) is 5.69. The molecule has 10 heteroatoms. The van der Waals surface area contributed by atoms with Crippen LogP contribution in [0.25, 0.3) is 0 Å². The summed E-state index contributed by atoms with van der Waals surface area (Å²) in [5.74, 6) is -1.32. The molecule has 1 aliphatic heterocycles. The molecule has 1 atom stereocenters. The van der Waals surface area contributed by atoms with Crippen molar-refractivity contribution in [3.63, 3.8) is 0 Å². The predicted molar refractivity (Wildman–Crippen MR) is 118 cm³/mol. The molecule has 176 valence electrons. The molecule has 1 saturated heterocycles. The smallest absolute Gasteiger partial charge is 0.494 e. The molecule has 0 radical (unpaired) electrons. The van der Waals surface area contributed by atoms with E-state index in [1.54, 1.807) is 12.1 Å². The second kappa shape index (κ2) is 10.4. The van der Waals surface area contributed by atoms with Crippen LogP contribution in [0.4, 0.5) is 0 Å². The molecular weight excluding hydrogens is 417 g/mol. The number of benzene rings is 1. The van der Waals surface area contributed by atoms with E-state index in [9.17, 15) is 14.4 Å². The summed E-state index contributed by atoms with van der Waals surface area (Å²) in [6, 6.07) is 4.23. The molecule has 1 heterocycles. The van der Waals surface area contributed by atoms with Gasteiger partial charge in [-0.1, -0.05) is 12.1 Å². The topological polar surface area (TPSA) is 109 Å². The van der Waals surface area contributed by atoms with Gasteiger partial charge in [-0.2, -0.15) is 0 Å². The van der Waals surface area contributed by atoms with E-state index >= 15 is 0 Å². The van der Waals surface area contributed by atoms with Gasteiger partial charge in [-0.3, -0.25) is 9.59 Å². The first-order valence-corrected chi connectivity index (χ1v) is 10.5. The lowest BCUT2D eigenvalue weighted by atomic mass is 9.78. The maximum absolute atomic E-state index is 12.6. The average molecular weight is 449 g/mol. The van der Waals surface area contributed by atoms with Gasteiger partial charge in [-0.25, -0.2) is 4.79 Å². The highest BCUT2D eigenvalue weighted by Gasteiger charge is 2.51. The lowest BCUT2D eigenvalue weighted by Gasteiger charge is -2.32. The molecule has 1 N–H and O–H groups in total. The zero-order valence-electron chi connectivity index (χ0n) is 19.8. The summed E-state index contributed by atoms with van der Waals surface area (Å²) in [5.41, 5.74) is 0.426. The van der Waals surface area contributed by atoms with Crippen molar-refractivity contribution < 1.29 is 37.9 Å². The van der Waals surface area contributed by atoms with Crippen LogP contribution >= 0.6 is 0 Å². The standard InChI is InChI=1S/C22H32BNO8/c1-8-30-17-12-15(23-31-21(2,3)22(4,5)32-23)10-9-14(17)11-18(25)24-16(20(27)29-7)13-19(26)28-6/h9-10,12,16H,8,11,13H2,1-7H3,(H,24,25)/t16-/m0/s1. The maximum Gasteiger partial charge on any atom is 0.494 e. The third kappa shape index (κ3) is 6.01. The van der Waals surface area contributed by atoms with Gasteiger partial charge in [0.15, 0.2) is 0 Å². The van der Waals surface area contributed by atoms with Crippen LogP contribution in [0, 0.1) is 0 Å². The molecule has 0 spiro atoms. The highest BCUT2D eigenvalue weighted by atomic mass is 16.7. The van der Waals surface area contributed by atoms with Crippen molar-refractivity contribution in [1.82, 2.24) is 5.32 Å². The number of amides is 1. The SMILES string of the molecule is CCOc1cc(B2OC(C)(C)C(C)(C)O2)ccc1CC(=O)N[C@@H](CC(=O)OC)C(=O)OC. The highest BCUT2D eigenvalue weighted by Crippen LogP contribution is 2.36. The van der Waals surface area contributed by atoms with Crippen LogP contribution in [-0.2, 0) is 39.6 Å². The number of esters is 2. The zero-order chi connectivity index (χ0) is 24.1. The summed E-state index contributed by atoms with van der Waals surface area (Å²) in [5, 5.41) is 2.52. The number of methoxy groups -OCH3 is 2. The Balaban J connectivity index is 2.18. The molecule has 9 nitrogen and oxygen atoms in total. The Morgan fingerprint density at radius 1 is 1.06 bits per heavy atom. The molecule has 0 aliphatic carbocycles. The van der Waals surface area contributed by atoms with Crippen molar-refractivity contribution in [1.29, 1.82) is 0 Å². The summed E-state index contributed by atoms with van der Waals surface area (Å²) in [6.07, 6.45) is -0.387. The van der Waals surface area contributed by atoms with Gasteiger partial charge in [0.25, 0.3) is 0 Å². The second-order valence-corrected chi connectivity index (χ2v) is 8.49. The zero-order valence-corrected chi connectivity index (χ0v) is 19.8. The largest absolute Gasteiger partial charge is 0.494 e. The van der Waals surface area contributed by atoms with Crippen molar-refractivity contribution in [2.75, 3.05) is 20.8 Å². The molecule has 1 aromatic rings. The Labute approximate surface area is 189 Å². The monoisotopic (exact) mass is 449 g/mol. The number of rotatable bonds is 9. The number of ether oxygens (including phenoxy) is 3. The van der Waals surface area contributed by atoms with Crippen LogP contribution in [0.3, 0.4) is 0 Å². The van der Waals surface area contributed by atoms with E-state index in [1.165, 1.54) is 14.2 Å². The van der Waals surface area contributed by atoms with E-state index in [4.69, 9.17) is 14.0 Å². The Morgan fingerprint density at radius 2 is 1.69 bits per heavy atom. The van der Waals surface area contributed by atoms with E-state index in [1.807, 2.05) is 40.7 Å². The third-order valence-electron chi connectivity index (χ3n) is 5.69. The average Bonchev–Trinajstić information content (AvgIpc) is 2.95. The second-order valence-electron chi connectivity index (χ2n) is 8.49. The summed E-state index contributed by atoms with van der Waals surface area (Å²) >= 11 is 0. The number of carbonyl (C=O) groups excluding carboxylic acids is 3. The van der Waals surface area contributed by atoms with Crippen LogP contribution in [0.1, 0.15) is 46.6 Å². The van der Waals surface area contributed by atoms with Crippen molar-refractivity contribution >= 4 is 30.4 Å². The van der Waals surface area contributed by atoms with Crippen LogP contribution in [-0.4, -0.2) is 63.0 Å². The highest BCUT2D eigenvalue weighted by molar-refractivity contribution is 6.62. The van der Waals surface area contributed by atoms with E-state index in [-0.39, 0.29) is 12.8 Å². The number of nitrogens with one attached hydrogen (secondary N) is 1. The molecule has 1 amide bonds. The van der Waals surface area contributed by atoms with Crippen LogP contribution in [0.2, 0.25) is 0 Å². The van der Waals surface area contributed by atoms with E-state index in [0.717, 1.165) is 5.46 Å². The first-order chi connectivity index (χ1) is 14.9. The summed E-state index contributed by atoms with van der Waals surface area (Å²) in [6.45, 7) is 10.1. The summed E-state index contributed by atoms with van der Waals surface area (Å²) in [7, 11) is 1.82. The first-order valence-electron chi connectivity index (χ1n) is 10.5.